The van der Waals surface area contributed by atoms with Gasteiger partial charge in [-0.15, -0.1) is 0 Å². The number of nitrogens with one attached hydrogen (secondary N) is 1. The molecule has 1 saturated heterocycles. The molecule has 2 aliphatic rings. The lowest BCUT2D eigenvalue weighted by atomic mass is 9.87. The smallest absolute Gasteiger partial charge is 0.416 e. The van der Waals surface area contributed by atoms with Gasteiger partial charge < -0.3 is 9.73 Å². The van der Waals surface area contributed by atoms with E-state index in [1.54, 1.807) is 24.3 Å². The van der Waals surface area contributed by atoms with Crippen molar-refractivity contribution in [3.05, 3.63) is 98.4 Å². The van der Waals surface area contributed by atoms with E-state index in [2.05, 4.69) is 5.32 Å². The molecule has 3 atom stereocenters. The molecule has 0 radical (unpaired) electrons. The van der Waals surface area contributed by atoms with Gasteiger partial charge >= 0.3 is 11.0 Å². The number of aromatic nitrogens is 1. The number of furan rings is 1. The summed E-state index contributed by atoms with van der Waals surface area (Å²) in [6.07, 6.45) is -3.27. The molecule has 0 bridgehead atoms. The van der Waals surface area contributed by atoms with Crippen molar-refractivity contribution in [2.45, 2.75) is 35.8 Å². The fourth-order valence-electron chi connectivity index (χ4n) is 5.09. The Morgan fingerprint density at radius 2 is 1.78 bits per heavy atom. The van der Waals surface area contributed by atoms with E-state index >= 15 is 0 Å². The number of carbonyl (C=O) groups excluding carboxylic acids is 3. The Balaban J connectivity index is 1.38. The minimum atomic E-state index is -4.67. The minimum Gasteiger partial charge on any atom is -0.469 e. The number of hydrogen-bond donors (Lipinski definition) is 1. The van der Waals surface area contributed by atoms with E-state index in [4.69, 9.17) is 4.42 Å². The first-order chi connectivity index (χ1) is 19.5. The molecule has 8 nitrogen and oxygen atoms in total. The number of nitrogens with zero attached hydrogens (tertiary/aromatic N) is 2. The van der Waals surface area contributed by atoms with Gasteiger partial charge in [0.05, 0.1) is 39.3 Å². The molecular weight excluding hydrogens is 579 g/mol. The van der Waals surface area contributed by atoms with Crippen LogP contribution in [0.25, 0.3) is 0 Å². The van der Waals surface area contributed by atoms with E-state index in [0.29, 0.717) is 21.4 Å². The molecule has 2 aromatic heterocycles. The lowest BCUT2D eigenvalue weighted by Gasteiger charge is -2.29. The maximum atomic E-state index is 13.7. The van der Waals surface area contributed by atoms with E-state index in [9.17, 15) is 32.3 Å². The number of imide groups is 1. The Kier molecular flexibility index (Phi) is 6.65. The Morgan fingerprint density at radius 3 is 2.46 bits per heavy atom. The van der Waals surface area contributed by atoms with Gasteiger partial charge in [0.1, 0.15) is 17.6 Å². The van der Waals surface area contributed by atoms with E-state index in [0.717, 1.165) is 51.8 Å². The highest BCUT2D eigenvalue weighted by molar-refractivity contribution is 8.00. The van der Waals surface area contributed by atoms with Gasteiger partial charge in [0, 0.05) is 5.69 Å². The Morgan fingerprint density at radius 1 is 1.02 bits per heavy atom. The van der Waals surface area contributed by atoms with Crippen molar-refractivity contribution < 1.29 is 32.0 Å². The van der Waals surface area contributed by atoms with Crippen LogP contribution in [-0.4, -0.2) is 27.5 Å². The zero-order valence-corrected chi connectivity index (χ0v) is 22.8. The number of thiazole rings is 1. The first kappa shape index (κ1) is 27.1. The second kappa shape index (κ2) is 10.1. The molecule has 6 rings (SSSR count). The average Bonchev–Trinajstić information content (AvgIpc) is 3.62. The second-order valence-electron chi connectivity index (χ2n) is 9.66. The van der Waals surface area contributed by atoms with Gasteiger partial charge in [0.25, 0.3) is 0 Å². The standard InChI is InChI=1S/C28H20F3N3O5S2/c1-14-7-9-16(10-8-14)32-19(35)13-33-26-23(41-27(33)38)20(18-6-3-11-39-18)21-22(40-26)25(37)34(24(21)36)17-5-2-4-15(12-17)28(29,30)31/h2-12,20-22H,13H2,1H3,(H,32,35)/t20-,21-,22+/m0/s1. The van der Waals surface area contributed by atoms with Crippen molar-refractivity contribution in [2.75, 3.05) is 10.2 Å². The molecule has 0 spiro atoms. The summed E-state index contributed by atoms with van der Waals surface area (Å²) in [5, 5.41) is 2.03. The third-order valence-corrected chi connectivity index (χ3v) is 9.57. The number of aryl methyl sites for hydroxylation is 1. The van der Waals surface area contributed by atoms with Gasteiger partial charge in [-0.1, -0.05) is 46.9 Å². The molecule has 4 heterocycles. The summed E-state index contributed by atoms with van der Waals surface area (Å²) in [6.45, 7) is 1.57. The minimum absolute atomic E-state index is 0.193. The second-order valence-corrected chi connectivity index (χ2v) is 11.8. The van der Waals surface area contributed by atoms with E-state index in [1.165, 1.54) is 16.9 Å². The lowest BCUT2D eigenvalue weighted by Crippen LogP contribution is -2.32. The zero-order valence-electron chi connectivity index (χ0n) is 21.2. The van der Waals surface area contributed by atoms with Crippen LogP contribution in [0.5, 0.6) is 0 Å². The number of halogens is 3. The van der Waals surface area contributed by atoms with Crippen molar-refractivity contribution in [1.29, 1.82) is 0 Å². The van der Waals surface area contributed by atoms with Gasteiger partial charge in [-0.25, -0.2) is 4.90 Å². The van der Waals surface area contributed by atoms with Crippen LogP contribution in [0.4, 0.5) is 24.5 Å². The number of rotatable bonds is 5. The SMILES string of the molecule is Cc1ccc(NC(=O)Cn2c3c(sc2=O)[C@@H](c2ccco2)[C@@H]2C(=O)N(c4cccc(C(F)(F)F)c4)C(=O)[C@@H]2S3)cc1. The molecule has 1 fully saturated rings. The third-order valence-electron chi connectivity index (χ3n) is 6.97. The van der Waals surface area contributed by atoms with Crippen molar-refractivity contribution in [3.8, 4) is 0 Å². The van der Waals surface area contributed by atoms with E-state index in [1.807, 2.05) is 19.1 Å². The molecule has 2 aliphatic heterocycles. The highest BCUT2D eigenvalue weighted by atomic mass is 32.2. The predicted octanol–water partition coefficient (Wildman–Crippen LogP) is 5.26. The third kappa shape index (κ3) is 4.78. The largest absolute Gasteiger partial charge is 0.469 e. The van der Waals surface area contributed by atoms with Crippen molar-refractivity contribution in [2.24, 2.45) is 5.92 Å². The molecule has 2 aromatic carbocycles. The number of benzene rings is 2. The van der Waals surface area contributed by atoms with Crippen LogP contribution in [0.3, 0.4) is 0 Å². The number of thioether (sulfide) groups is 1. The molecule has 4 aromatic rings. The number of hydrogen-bond acceptors (Lipinski definition) is 7. The number of alkyl halides is 3. The molecule has 0 unspecified atom stereocenters. The van der Waals surface area contributed by atoms with Crippen molar-refractivity contribution >= 4 is 52.2 Å². The van der Waals surface area contributed by atoms with Crippen LogP contribution in [0.1, 0.15) is 27.7 Å². The van der Waals surface area contributed by atoms with Gasteiger partial charge in [0.15, 0.2) is 0 Å². The average molecular weight is 600 g/mol. The fourth-order valence-corrected chi connectivity index (χ4v) is 7.84. The van der Waals surface area contributed by atoms with Gasteiger partial charge in [0.2, 0.25) is 17.7 Å². The highest BCUT2D eigenvalue weighted by Crippen LogP contribution is 2.54. The van der Waals surface area contributed by atoms with Gasteiger partial charge in [-0.2, -0.15) is 13.2 Å². The maximum Gasteiger partial charge on any atom is 0.416 e. The highest BCUT2D eigenvalue weighted by Gasteiger charge is 2.57. The van der Waals surface area contributed by atoms with Crippen molar-refractivity contribution in [1.82, 2.24) is 4.57 Å². The summed E-state index contributed by atoms with van der Waals surface area (Å²) in [7, 11) is 0. The molecule has 210 valence electrons. The number of fused-ring (bicyclic) bond motifs is 2. The summed E-state index contributed by atoms with van der Waals surface area (Å²) >= 11 is 1.81. The lowest BCUT2D eigenvalue weighted by molar-refractivity contribution is -0.137. The summed E-state index contributed by atoms with van der Waals surface area (Å²) in [5.41, 5.74) is 0.373. The molecule has 13 heteroatoms. The zero-order chi connectivity index (χ0) is 29.1. The van der Waals surface area contributed by atoms with Crippen LogP contribution in [0.15, 0.2) is 81.2 Å². The summed E-state index contributed by atoms with van der Waals surface area (Å²) in [4.78, 5) is 54.2. The Bertz CT molecular complexity index is 1730. The first-order valence-electron chi connectivity index (χ1n) is 12.4. The monoisotopic (exact) mass is 599 g/mol. The predicted molar refractivity (Wildman–Crippen MR) is 146 cm³/mol. The molecule has 0 aliphatic carbocycles. The molecular formula is C28H20F3N3O5S2. The maximum absolute atomic E-state index is 13.7. The molecule has 41 heavy (non-hydrogen) atoms. The normalized spacial score (nSPS) is 20.2. The molecule has 1 N–H and O–H groups in total. The first-order valence-corrected chi connectivity index (χ1v) is 14.1. The van der Waals surface area contributed by atoms with Crippen LogP contribution in [0, 0.1) is 12.8 Å². The summed E-state index contributed by atoms with van der Waals surface area (Å²) < 4.78 is 47.1. The van der Waals surface area contributed by atoms with Crippen LogP contribution in [-0.2, 0) is 27.1 Å². The van der Waals surface area contributed by atoms with Crippen LogP contribution < -0.4 is 15.1 Å². The van der Waals surface area contributed by atoms with Gasteiger partial charge in [-0.05, 0) is 49.4 Å². The summed E-state index contributed by atoms with van der Waals surface area (Å²) in [5.74, 6) is -3.42. The molecule has 3 amide bonds. The summed E-state index contributed by atoms with van der Waals surface area (Å²) in [6, 6.07) is 14.4. The topological polar surface area (TPSA) is 102 Å². The van der Waals surface area contributed by atoms with Gasteiger partial charge in [-0.3, -0.25) is 23.7 Å². The Hall–Kier alpha value is -4.10. The van der Waals surface area contributed by atoms with E-state index in [-0.39, 0.29) is 12.2 Å². The van der Waals surface area contributed by atoms with Crippen LogP contribution in [0.2, 0.25) is 0 Å². The molecule has 0 saturated carbocycles. The number of amides is 3. The van der Waals surface area contributed by atoms with Crippen LogP contribution >= 0.6 is 23.1 Å². The Labute approximate surface area is 238 Å². The fraction of sp³-hybridized carbons (Fsp3) is 0.214. The quantitative estimate of drug-likeness (QED) is 0.314. The van der Waals surface area contributed by atoms with Crippen molar-refractivity contribution in [3.63, 3.8) is 0 Å². The number of carbonyl (C=O) groups is 3. The van der Waals surface area contributed by atoms with E-state index < -0.39 is 51.4 Å². The number of anilines is 2.